The van der Waals surface area contributed by atoms with Crippen LogP contribution in [0.5, 0.6) is 0 Å². The Hall–Kier alpha value is -1.88. The monoisotopic (exact) mass is 304 g/mol. The van der Waals surface area contributed by atoms with Crippen molar-refractivity contribution in [3.05, 3.63) is 35.4 Å². The molecule has 0 unspecified atom stereocenters. The van der Waals surface area contributed by atoms with E-state index in [1.807, 2.05) is 0 Å². The van der Waals surface area contributed by atoms with Crippen LogP contribution in [-0.2, 0) is 4.74 Å². The van der Waals surface area contributed by atoms with Gasteiger partial charge in [-0.25, -0.2) is 4.79 Å². The second-order valence-electron chi connectivity index (χ2n) is 5.58. The van der Waals surface area contributed by atoms with Gasteiger partial charge >= 0.3 is 5.97 Å². The Morgan fingerprint density at radius 2 is 1.73 bits per heavy atom. The predicted molar refractivity (Wildman–Crippen MR) is 85.0 cm³/mol. The molecule has 0 saturated carbocycles. The van der Waals surface area contributed by atoms with Crippen LogP contribution in [0.25, 0.3) is 0 Å². The molecule has 1 aliphatic heterocycles. The number of likely N-dealkylation sites (tertiary alicyclic amines) is 1. The van der Waals surface area contributed by atoms with Crippen molar-refractivity contribution in [2.45, 2.75) is 25.7 Å². The van der Waals surface area contributed by atoms with Crippen LogP contribution >= 0.6 is 0 Å². The Bertz CT molecular complexity index is 493. The molecule has 0 aromatic heterocycles. The van der Waals surface area contributed by atoms with Crippen molar-refractivity contribution in [1.82, 2.24) is 10.2 Å². The van der Waals surface area contributed by atoms with E-state index in [0.29, 0.717) is 17.7 Å². The van der Waals surface area contributed by atoms with E-state index in [4.69, 9.17) is 0 Å². The summed E-state index contributed by atoms with van der Waals surface area (Å²) in [6.45, 7) is 4.08. The molecule has 0 radical (unpaired) electrons. The van der Waals surface area contributed by atoms with E-state index in [2.05, 4.69) is 15.0 Å². The molecule has 5 heteroatoms. The lowest BCUT2D eigenvalue weighted by molar-refractivity contribution is 0.0600. The van der Waals surface area contributed by atoms with Gasteiger partial charge in [0.1, 0.15) is 0 Å². The molecule has 1 aromatic carbocycles. The van der Waals surface area contributed by atoms with Crippen LogP contribution in [0.2, 0.25) is 0 Å². The van der Waals surface area contributed by atoms with Gasteiger partial charge in [-0.05, 0) is 63.2 Å². The summed E-state index contributed by atoms with van der Waals surface area (Å²) in [6.07, 6.45) is 4.89. The quantitative estimate of drug-likeness (QED) is 0.646. The lowest BCUT2D eigenvalue weighted by atomic mass is 10.1. The molecule has 0 atom stereocenters. The molecule has 120 valence electrons. The maximum Gasteiger partial charge on any atom is 0.337 e. The zero-order valence-electron chi connectivity index (χ0n) is 13.1. The smallest absolute Gasteiger partial charge is 0.337 e. The normalized spacial score (nSPS) is 15.3. The number of benzene rings is 1. The Labute approximate surface area is 131 Å². The van der Waals surface area contributed by atoms with E-state index in [1.54, 1.807) is 24.3 Å². The van der Waals surface area contributed by atoms with Gasteiger partial charge in [0, 0.05) is 12.1 Å². The lowest BCUT2D eigenvalue weighted by Crippen LogP contribution is -2.33. The van der Waals surface area contributed by atoms with Crippen LogP contribution in [0.3, 0.4) is 0 Å². The number of esters is 1. The minimum Gasteiger partial charge on any atom is -0.465 e. The van der Waals surface area contributed by atoms with Gasteiger partial charge in [0.05, 0.1) is 12.7 Å². The van der Waals surface area contributed by atoms with E-state index in [1.165, 1.54) is 39.5 Å². The Morgan fingerprint density at radius 3 is 2.36 bits per heavy atom. The number of hydrogen-bond acceptors (Lipinski definition) is 4. The fourth-order valence-corrected chi connectivity index (χ4v) is 2.67. The fourth-order valence-electron chi connectivity index (χ4n) is 2.67. The van der Waals surface area contributed by atoms with E-state index in [9.17, 15) is 9.59 Å². The second kappa shape index (κ2) is 8.54. The molecular weight excluding hydrogens is 280 g/mol. The SMILES string of the molecule is COC(=O)c1ccc(C(=O)NCCCN2CCCCC2)cc1. The van der Waals surface area contributed by atoms with Crippen molar-refractivity contribution in [2.75, 3.05) is 33.3 Å². The summed E-state index contributed by atoms with van der Waals surface area (Å²) in [5.74, 6) is -0.497. The number of nitrogens with one attached hydrogen (secondary N) is 1. The summed E-state index contributed by atoms with van der Waals surface area (Å²) >= 11 is 0. The molecular formula is C17H24N2O3. The van der Waals surface area contributed by atoms with Crippen molar-refractivity contribution >= 4 is 11.9 Å². The Balaban J connectivity index is 1.71. The average Bonchev–Trinajstić information content (AvgIpc) is 2.59. The first-order valence-electron chi connectivity index (χ1n) is 7.89. The molecule has 1 aliphatic rings. The van der Waals surface area contributed by atoms with Crippen LogP contribution < -0.4 is 5.32 Å². The molecule has 1 N–H and O–H groups in total. The average molecular weight is 304 g/mol. The van der Waals surface area contributed by atoms with Gasteiger partial charge < -0.3 is 15.0 Å². The summed E-state index contributed by atoms with van der Waals surface area (Å²) in [5.41, 5.74) is 1.01. The number of carbonyl (C=O) groups excluding carboxylic acids is 2. The highest BCUT2D eigenvalue weighted by molar-refractivity contribution is 5.96. The fraction of sp³-hybridized carbons (Fsp3) is 0.529. The number of amides is 1. The zero-order chi connectivity index (χ0) is 15.8. The minimum absolute atomic E-state index is 0.102. The summed E-state index contributed by atoms with van der Waals surface area (Å²) < 4.78 is 4.63. The molecule has 1 fully saturated rings. The third-order valence-corrected chi connectivity index (χ3v) is 3.95. The molecule has 0 bridgehead atoms. The van der Waals surface area contributed by atoms with Gasteiger partial charge in [0.2, 0.25) is 0 Å². The van der Waals surface area contributed by atoms with Gasteiger partial charge in [-0.2, -0.15) is 0 Å². The molecule has 5 nitrogen and oxygen atoms in total. The highest BCUT2D eigenvalue weighted by atomic mass is 16.5. The first kappa shape index (κ1) is 16.5. The van der Waals surface area contributed by atoms with Crippen LogP contribution in [0.15, 0.2) is 24.3 Å². The number of ether oxygens (including phenoxy) is 1. The summed E-state index contributed by atoms with van der Waals surface area (Å²) in [6, 6.07) is 6.50. The van der Waals surface area contributed by atoms with Crippen molar-refractivity contribution in [3.8, 4) is 0 Å². The molecule has 1 amide bonds. The van der Waals surface area contributed by atoms with Crippen molar-refractivity contribution in [1.29, 1.82) is 0 Å². The topological polar surface area (TPSA) is 58.6 Å². The second-order valence-corrected chi connectivity index (χ2v) is 5.58. The molecule has 1 saturated heterocycles. The van der Waals surface area contributed by atoms with E-state index < -0.39 is 5.97 Å². The van der Waals surface area contributed by atoms with Crippen LogP contribution in [0, 0.1) is 0 Å². The maximum atomic E-state index is 12.0. The predicted octanol–water partition coefficient (Wildman–Crippen LogP) is 2.08. The summed E-state index contributed by atoms with van der Waals surface area (Å²) in [7, 11) is 1.34. The minimum atomic E-state index is -0.395. The summed E-state index contributed by atoms with van der Waals surface area (Å²) in [5, 5.41) is 2.92. The largest absolute Gasteiger partial charge is 0.465 e. The Kier molecular flexibility index (Phi) is 6.40. The highest BCUT2D eigenvalue weighted by Gasteiger charge is 2.10. The van der Waals surface area contributed by atoms with Crippen LogP contribution in [0.4, 0.5) is 0 Å². The maximum absolute atomic E-state index is 12.0. The van der Waals surface area contributed by atoms with Crippen molar-refractivity contribution in [3.63, 3.8) is 0 Å². The third kappa shape index (κ3) is 4.84. The third-order valence-electron chi connectivity index (χ3n) is 3.95. The molecule has 22 heavy (non-hydrogen) atoms. The number of rotatable bonds is 6. The number of nitrogens with zero attached hydrogens (tertiary/aromatic N) is 1. The molecule has 0 aliphatic carbocycles. The van der Waals surface area contributed by atoms with Gasteiger partial charge in [0.25, 0.3) is 5.91 Å². The van der Waals surface area contributed by atoms with Crippen molar-refractivity contribution in [2.24, 2.45) is 0 Å². The lowest BCUT2D eigenvalue weighted by Gasteiger charge is -2.26. The molecule has 0 spiro atoms. The Morgan fingerprint density at radius 1 is 1.09 bits per heavy atom. The van der Waals surface area contributed by atoms with E-state index in [0.717, 1.165) is 13.0 Å². The first-order chi connectivity index (χ1) is 10.7. The van der Waals surface area contributed by atoms with Crippen LogP contribution in [-0.4, -0.2) is 50.1 Å². The van der Waals surface area contributed by atoms with Crippen molar-refractivity contribution < 1.29 is 14.3 Å². The molecule has 2 rings (SSSR count). The number of carbonyl (C=O) groups is 2. The first-order valence-corrected chi connectivity index (χ1v) is 7.89. The number of hydrogen-bond donors (Lipinski definition) is 1. The number of methoxy groups -OCH3 is 1. The van der Waals surface area contributed by atoms with E-state index >= 15 is 0 Å². The van der Waals surface area contributed by atoms with Gasteiger partial charge in [-0.15, -0.1) is 0 Å². The molecule has 1 aromatic rings. The van der Waals surface area contributed by atoms with Gasteiger partial charge in [-0.1, -0.05) is 6.42 Å². The summed E-state index contributed by atoms with van der Waals surface area (Å²) in [4.78, 5) is 25.8. The van der Waals surface area contributed by atoms with Gasteiger partial charge in [-0.3, -0.25) is 4.79 Å². The zero-order valence-corrected chi connectivity index (χ0v) is 13.1. The van der Waals surface area contributed by atoms with E-state index in [-0.39, 0.29) is 5.91 Å². The molecule has 1 heterocycles. The number of piperidine rings is 1. The highest BCUT2D eigenvalue weighted by Crippen LogP contribution is 2.09. The standard InChI is InChI=1S/C17H24N2O3/c1-22-17(21)15-8-6-14(7-9-15)16(20)18-10-5-13-19-11-3-2-4-12-19/h6-9H,2-5,10-13H2,1H3,(H,18,20). The van der Waals surface area contributed by atoms with Gasteiger partial charge in [0.15, 0.2) is 0 Å². The van der Waals surface area contributed by atoms with Crippen LogP contribution in [0.1, 0.15) is 46.4 Å².